The van der Waals surface area contributed by atoms with Crippen LogP contribution in [0.3, 0.4) is 0 Å². The predicted molar refractivity (Wildman–Crippen MR) is 454 cm³/mol. The minimum absolute atomic E-state index is 0.0957. The minimum Gasteiger partial charge on any atom is -0.443 e. The highest BCUT2D eigenvalue weighted by Gasteiger charge is 2.21. The second-order valence-electron chi connectivity index (χ2n) is 37.0. The molecule has 0 spiro atoms. The molecular weight excluding hydrogens is 1360 g/mol. The summed E-state index contributed by atoms with van der Waals surface area (Å²) >= 11 is 0. The van der Waals surface area contributed by atoms with Crippen LogP contribution in [-0.4, -0.2) is 68.6 Å². The number of fused-ring (bicyclic) bond motifs is 6. The summed E-state index contributed by atoms with van der Waals surface area (Å²) in [5, 5.41) is 10.4. The van der Waals surface area contributed by atoms with Crippen LogP contribution in [0.5, 0.6) is 0 Å². The summed E-state index contributed by atoms with van der Waals surface area (Å²) in [7, 11) is 1.96. The van der Waals surface area contributed by atoms with Gasteiger partial charge in [-0.25, -0.2) is 19.9 Å². The van der Waals surface area contributed by atoms with E-state index in [1.807, 2.05) is 103 Å². The molecule has 0 aliphatic heterocycles. The number of benzene rings is 4. The van der Waals surface area contributed by atoms with Gasteiger partial charge in [0.2, 0.25) is 0 Å². The zero-order valence-electron chi connectivity index (χ0n) is 71.2. The van der Waals surface area contributed by atoms with Crippen molar-refractivity contribution >= 4 is 55.4 Å². The molecule has 0 unspecified atom stereocenters. The Morgan fingerprint density at radius 1 is 0.327 bits per heavy atom. The van der Waals surface area contributed by atoms with Crippen molar-refractivity contribution in [3.63, 3.8) is 0 Å². The van der Waals surface area contributed by atoms with E-state index in [2.05, 4.69) is 332 Å². The van der Waals surface area contributed by atoms with Crippen LogP contribution in [0.4, 0.5) is 0 Å². The van der Waals surface area contributed by atoms with Crippen molar-refractivity contribution in [1.29, 1.82) is 0 Å². The first-order valence-corrected chi connectivity index (χ1v) is 37.9. The van der Waals surface area contributed by atoms with E-state index in [-0.39, 0.29) is 48.7 Å². The smallest absolute Gasteiger partial charge is 0.192 e. The van der Waals surface area contributed by atoms with Crippen LogP contribution >= 0.6 is 0 Å². The summed E-state index contributed by atoms with van der Waals surface area (Å²) in [6, 6.07) is 39.4. The van der Waals surface area contributed by atoms with Gasteiger partial charge in [0.1, 0.15) is 16.7 Å². The molecule has 11 heterocycles. The average molecular weight is 1480 g/mol. The van der Waals surface area contributed by atoms with Crippen LogP contribution in [0.2, 0.25) is 0 Å². The largest absolute Gasteiger partial charge is 0.443 e. The van der Waals surface area contributed by atoms with Gasteiger partial charge in [-0.2, -0.15) is 5.10 Å². The van der Waals surface area contributed by atoms with E-state index in [1.54, 1.807) is 43.4 Å². The van der Waals surface area contributed by atoms with Crippen molar-refractivity contribution in [2.24, 2.45) is 7.05 Å². The zero-order valence-corrected chi connectivity index (χ0v) is 71.2. The third kappa shape index (κ3) is 26.4. The molecule has 0 radical (unpaired) electrons. The summed E-state index contributed by atoms with van der Waals surface area (Å²) in [6.07, 6.45) is 29.5. The molecule has 0 aliphatic carbocycles. The minimum atomic E-state index is 0.0957. The van der Waals surface area contributed by atoms with Crippen molar-refractivity contribution < 1.29 is 13.4 Å². The lowest BCUT2D eigenvalue weighted by atomic mass is 9.87. The van der Waals surface area contributed by atoms with Gasteiger partial charge in [0.25, 0.3) is 0 Å². The Hall–Kier alpha value is -10.6. The first-order valence-electron chi connectivity index (χ1n) is 37.9. The van der Waals surface area contributed by atoms with Crippen molar-refractivity contribution in [3.05, 3.63) is 271 Å². The van der Waals surface area contributed by atoms with E-state index in [0.29, 0.717) is 0 Å². The van der Waals surface area contributed by atoms with E-state index in [0.717, 1.165) is 73.0 Å². The normalized spacial score (nSPS) is 12.0. The number of oxazole rings is 2. The number of nitrogens with zero attached hydrogens (tertiary/aromatic N) is 14. The van der Waals surface area contributed by atoms with Gasteiger partial charge in [-0.3, -0.25) is 29.6 Å². The van der Waals surface area contributed by atoms with Gasteiger partial charge in [-0.1, -0.05) is 241 Å². The molecule has 110 heavy (non-hydrogen) atoms. The fraction of sp³-hybridized carbons (Fsp3) is 0.409. The van der Waals surface area contributed by atoms with E-state index in [9.17, 15) is 0 Å². The summed E-state index contributed by atoms with van der Waals surface area (Å²) in [5.41, 5.74) is 20.1. The molecule has 0 amide bonds. The van der Waals surface area contributed by atoms with E-state index >= 15 is 0 Å². The molecule has 582 valence electrons. The van der Waals surface area contributed by atoms with Crippen LogP contribution in [0.15, 0.2) is 228 Å². The molecule has 17 heteroatoms. The van der Waals surface area contributed by atoms with E-state index in [1.165, 1.54) is 45.2 Å². The Morgan fingerprint density at radius 2 is 0.845 bits per heavy atom. The van der Waals surface area contributed by atoms with Gasteiger partial charge in [0, 0.05) is 127 Å². The maximum atomic E-state index is 5.49. The number of aromatic nitrogens is 14. The van der Waals surface area contributed by atoms with Gasteiger partial charge >= 0.3 is 0 Å². The molecule has 0 saturated heterocycles. The number of hydrogen-bond donors (Lipinski definition) is 0. The zero-order chi connectivity index (χ0) is 81.4. The first kappa shape index (κ1) is 86.7. The first-order chi connectivity index (χ1) is 51.0. The van der Waals surface area contributed by atoms with Crippen LogP contribution in [0.25, 0.3) is 55.4 Å². The second-order valence-corrected chi connectivity index (χ2v) is 37.0. The van der Waals surface area contributed by atoms with Gasteiger partial charge < -0.3 is 22.2 Å². The van der Waals surface area contributed by atoms with E-state index < -0.39 is 0 Å². The Labute approximate surface area is 654 Å². The Bertz CT molecular complexity index is 4740. The highest BCUT2D eigenvalue weighted by Crippen LogP contribution is 2.31. The summed E-state index contributed by atoms with van der Waals surface area (Å²) in [6.45, 7) is 60.7. The van der Waals surface area contributed by atoms with Crippen LogP contribution in [-0.2, 0) is 55.8 Å². The van der Waals surface area contributed by atoms with Gasteiger partial charge in [-0.05, 0) is 133 Å². The summed E-state index contributed by atoms with van der Waals surface area (Å²) in [4.78, 5) is 37.5. The van der Waals surface area contributed by atoms with Gasteiger partial charge in [0.15, 0.2) is 34.7 Å². The molecule has 0 atom stereocenters. The summed E-state index contributed by atoms with van der Waals surface area (Å²) < 4.78 is 21.7. The van der Waals surface area contributed by atoms with Crippen LogP contribution in [0, 0.1) is 6.92 Å². The lowest BCUT2D eigenvalue weighted by molar-refractivity contribution is 0.455. The Morgan fingerprint density at radius 3 is 1.36 bits per heavy atom. The summed E-state index contributed by atoms with van der Waals surface area (Å²) in [5.74, 6) is 0.728. The second kappa shape index (κ2) is 35.9. The maximum Gasteiger partial charge on any atom is 0.192 e. The Balaban J connectivity index is 0.000000173. The molecule has 15 aromatic rings. The molecule has 4 aromatic carbocycles. The van der Waals surface area contributed by atoms with Gasteiger partial charge in [0.05, 0.1) is 29.3 Å². The quantitative estimate of drug-likeness (QED) is 0.139. The number of rotatable bonds is 0. The average Bonchev–Trinajstić information content (AvgIpc) is 1.65. The molecule has 0 bridgehead atoms. The van der Waals surface area contributed by atoms with Gasteiger partial charge in [-0.15, -0.1) is 0 Å². The Kier molecular flexibility index (Phi) is 28.3. The molecule has 15 rings (SSSR count). The maximum absolute atomic E-state index is 5.49. The molecule has 11 aromatic heterocycles. The molecule has 0 N–H and O–H groups in total. The molecule has 0 aliphatic rings. The lowest BCUT2D eigenvalue weighted by Gasteiger charge is -2.18. The monoisotopic (exact) mass is 1480 g/mol. The van der Waals surface area contributed by atoms with Crippen LogP contribution < -0.4 is 0 Å². The van der Waals surface area contributed by atoms with Crippen LogP contribution in [0.1, 0.15) is 243 Å². The molecule has 0 saturated carbocycles. The number of aryl methyl sites for hydroxylation is 2. The van der Waals surface area contributed by atoms with Crippen molar-refractivity contribution in [1.82, 2.24) is 68.6 Å². The predicted octanol–water partition coefficient (Wildman–Crippen LogP) is 23.7. The SMILES string of the molecule is CC(C)(C)c1ccc2cnoc2c1.CC(C)(C)c1ccc2nccn2c1.CC(C)(C)c1ccc2ncoc2c1.CC(C)(C)c1ccccn1.CC(C)(C)c1cccnc1.CC(C)(C)c1cn2ccnc2cn1.CC(C)(C)c1cnccn1.Cc1nc2ccc(C(C)(C)C)cc2o1.Cn1cc2ccc(C(C)(C)C)cc2n1. The fourth-order valence-electron chi connectivity index (χ4n) is 10.6. The topological polar surface area (TPSA) is 195 Å². The highest BCUT2D eigenvalue weighted by molar-refractivity contribution is 5.79. The van der Waals surface area contributed by atoms with E-state index in [4.69, 9.17) is 13.4 Å². The van der Waals surface area contributed by atoms with Crippen molar-refractivity contribution in [2.45, 2.75) is 243 Å². The fourth-order valence-corrected chi connectivity index (χ4v) is 10.6. The molecule has 0 fully saturated rings. The number of imidazole rings is 2. The molecular formula is C93H122N14O3. The highest BCUT2D eigenvalue weighted by atomic mass is 16.5. The standard InChI is InChI=1S/C12H16N2.C12H15NO.C11H14N2.2C11H13NO.C10H13N3.2C9H13N.C8H12N2/c1-12(2,3)10-6-5-9-8-14(4)13-11(9)7-10;1-8-13-10-6-5-9(12(2,3)4)7-11(10)14-8;1-11(2,3)9-4-5-10-12-6-7-13(10)8-9;1-11(2,3)9-5-4-8-7-12-13-10(8)6-9;1-11(2,3)8-4-5-9-10(6-8)13-7-12-9;1-10(2,3)8-7-13-5-4-11-9(13)6-12-8;1-9(2,3)8-5-4-6-10-7-8;1-9(2,3)8-6-4-5-7-10-8;1-8(2,3)7-6-9-4-5-10-7/h5-8H,1-4H3;5-7H,1-4H3;4-8H,1-3H3;3*4-7H,1-3H3;2*4-7H,1-3H3;4-6H,1-3H3. The lowest BCUT2D eigenvalue weighted by Crippen LogP contribution is -2.14. The van der Waals surface area contributed by atoms with Crippen molar-refractivity contribution in [2.75, 3.05) is 0 Å². The third-order valence-electron chi connectivity index (χ3n) is 17.9. The third-order valence-corrected chi connectivity index (χ3v) is 17.9. The van der Waals surface area contributed by atoms with Crippen molar-refractivity contribution in [3.8, 4) is 0 Å². The molecule has 17 nitrogen and oxygen atoms in total. The number of hydrogen-bond acceptors (Lipinski definition) is 14. The number of pyridine rings is 3.